The number of benzene rings is 1. The summed E-state index contributed by atoms with van der Waals surface area (Å²) in [5.74, 6) is -1.28. The van der Waals surface area contributed by atoms with E-state index in [9.17, 15) is 14.4 Å². The molecule has 1 aliphatic heterocycles. The molecule has 1 aromatic heterocycles. The Labute approximate surface area is 139 Å². The minimum Gasteiger partial charge on any atom is -0.318 e. The number of aryl methyl sites for hydroxylation is 1. The van der Waals surface area contributed by atoms with Gasteiger partial charge < -0.3 is 4.57 Å². The van der Waals surface area contributed by atoms with E-state index in [1.807, 2.05) is 54.8 Å². The fraction of sp³-hybridized carbons (Fsp3) is 0.167. The van der Waals surface area contributed by atoms with Crippen molar-refractivity contribution in [3.63, 3.8) is 0 Å². The normalized spacial score (nSPS) is 16.7. The van der Waals surface area contributed by atoms with E-state index in [0.717, 1.165) is 27.5 Å². The molecule has 0 atom stereocenters. The number of para-hydroxylation sites is 1. The molecule has 1 N–H and O–H groups in total. The van der Waals surface area contributed by atoms with Crippen molar-refractivity contribution in [3.05, 3.63) is 58.9 Å². The van der Waals surface area contributed by atoms with Gasteiger partial charge in [0.05, 0.1) is 0 Å². The molecule has 24 heavy (non-hydrogen) atoms. The maximum atomic E-state index is 12.2. The van der Waals surface area contributed by atoms with Crippen molar-refractivity contribution < 1.29 is 14.4 Å². The quantitative estimate of drug-likeness (QED) is 0.680. The molecule has 1 aromatic carbocycles. The Hall–Kier alpha value is -3.15. The lowest BCUT2D eigenvalue weighted by atomic mass is 10.1. The van der Waals surface area contributed by atoms with Gasteiger partial charge >= 0.3 is 6.03 Å². The molecule has 2 heterocycles. The first-order chi connectivity index (χ1) is 11.4. The highest BCUT2D eigenvalue weighted by molar-refractivity contribution is 6.30. The van der Waals surface area contributed by atoms with E-state index >= 15 is 0 Å². The van der Waals surface area contributed by atoms with Crippen LogP contribution < -0.4 is 5.32 Å². The van der Waals surface area contributed by atoms with Crippen molar-refractivity contribution in [2.75, 3.05) is 7.05 Å². The number of nitrogens with one attached hydrogen (secondary N) is 1. The summed E-state index contributed by atoms with van der Waals surface area (Å²) in [7, 11) is 1.34. The number of likely N-dealkylation sites (N-methyl/N-ethyl adjacent to an activating group) is 1. The van der Waals surface area contributed by atoms with Gasteiger partial charge in [0.25, 0.3) is 11.8 Å². The molecule has 1 saturated heterocycles. The molecule has 3 rings (SSSR count). The Morgan fingerprint density at radius 2 is 1.71 bits per heavy atom. The van der Waals surface area contributed by atoms with Crippen LogP contribution in [0.4, 0.5) is 4.79 Å². The first kappa shape index (κ1) is 15.7. The van der Waals surface area contributed by atoms with Crippen LogP contribution in [0.15, 0.2) is 42.0 Å². The zero-order valence-corrected chi connectivity index (χ0v) is 13.7. The minimum absolute atomic E-state index is 0.0505. The fourth-order valence-electron chi connectivity index (χ4n) is 2.81. The number of rotatable bonds is 2. The van der Waals surface area contributed by atoms with Crippen molar-refractivity contribution in [3.8, 4) is 5.69 Å². The van der Waals surface area contributed by atoms with Crippen LogP contribution in [-0.4, -0.2) is 34.4 Å². The van der Waals surface area contributed by atoms with Crippen LogP contribution in [0.2, 0.25) is 0 Å². The summed E-state index contributed by atoms with van der Waals surface area (Å²) in [6.07, 6.45) is 1.53. The number of nitrogens with zero attached hydrogens (tertiary/aromatic N) is 2. The summed E-state index contributed by atoms with van der Waals surface area (Å²) in [6, 6.07) is 11.0. The second kappa shape index (κ2) is 5.81. The average molecular weight is 323 g/mol. The van der Waals surface area contributed by atoms with Crippen LogP contribution in [0, 0.1) is 13.8 Å². The van der Waals surface area contributed by atoms with Gasteiger partial charge in [-0.15, -0.1) is 0 Å². The molecule has 1 fully saturated rings. The van der Waals surface area contributed by atoms with Gasteiger partial charge in [0.15, 0.2) is 0 Å². The molecule has 6 heteroatoms. The molecule has 0 saturated carbocycles. The second-order valence-electron chi connectivity index (χ2n) is 5.68. The number of urea groups is 1. The molecule has 0 bridgehead atoms. The van der Waals surface area contributed by atoms with E-state index in [4.69, 9.17) is 0 Å². The van der Waals surface area contributed by atoms with E-state index in [0.29, 0.717) is 0 Å². The van der Waals surface area contributed by atoms with Gasteiger partial charge in [-0.2, -0.15) is 0 Å². The van der Waals surface area contributed by atoms with Crippen molar-refractivity contribution in [1.29, 1.82) is 0 Å². The van der Waals surface area contributed by atoms with Crippen LogP contribution in [-0.2, 0) is 9.59 Å². The SMILES string of the molecule is Cc1cc(C=C2C(=O)NC(=O)N(C)C2=O)c(C)n1-c1ccccc1. The molecule has 0 unspecified atom stereocenters. The van der Waals surface area contributed by atoms with Gasteiger partial charge in [0, 0.05) is 24.1 Å². The van der Waals surface area contributed by atoms with Crippen LogP contribution in [0.3, 0.4) is 0 Å². The third-order valence-electron chi connectivity index (χ3n) is 4.09. The molecule has 0 spiro atoms. The van der Waals surface area contributed by atoms with E-state index in [1.54, 1.807) is 0 Å². The molecule has 2 aromatic rings. The smallest absolute Gasteiger partial charge is 0.318 e. The maximum absolute atomic E-state index is 12.2. The third-order valence-corrected chi connectivity index (χ3v) is 4.09. The number of carbonyl (C=O) groups is 3. The Morgan fingerprint density at radius 1 is 1.04 bits per heavy atom. The molecule has 122 valence electrons. The van der Waals surface area contributed by atoms with Gasteiger partial charge in [-0.3, -0.25) is 19.8 Å². The molecule has 4 amide bonds. The summed E-state index contributed by atoms with van der Waals surface area (Å²) >= 11 is 0. The summed E-state index contributed by atoms with van der Waals surface area (Å²) in [5.41, 5.74) is 3.61. The highest BCUT2D eigenvalue weighted by Gasteiger charge is 2.33. The van der Waals surface area contributed by atoms with E-state index in [1.165, 1.54) is 13.1 Å². The van der Waals surface area contributed by atoms with Gasteiger partial charge in [0.1, 0.15) is 5.57 Å². The lowest BCUT2D eigenvalue weighted by Gasteiger charge is -2.22. The average Bonchev–Trinajstić information content (AvgIpc) is 2.84. The standard InChI is InChI=1S/C18H17N3O3/c1-11-9-13(12(2)21(11)14-7-5-4-6-8-14)10-15-16(22)19-18(24)20(3)17(15)23/h4-10H,1-3H3,(H,19,22,24). The Balaban J connectivity index is 2.07. The van der Waals surface area contributed by atoms with Crippen LogP contribution in [0.25, 0.3) is 11.8 Å². The monoisotopic (exact) mass is 323 g/mol. The van der Waals surface area contributed by atoms with E-state index < -0.39 is 17.8 Å². The maximum Gasteiger partial charge on any atom is 0.331 e. The number of hydrogen-bond donors (Lipinski definition) is 1. The zero-order valence-electron chi connectivity index (χ0n) is 13.7. The number of imide groups is 2. The van der Waals surface area contributed by atoms with Crippen molar-refractivity contribution in [2.45, 2.75) is 13.8 Å². The zero-order chi connectivity index (χ0) is 17.4. The van der Waals surface area contributed by atoms with Crippen molar-refractivity contribution in [2.24, 2.45) is 0 Å². The Bertz CT molecular complexity index is 878. The number of amides is 4. The summed E-state index contributed by atoms with van der Waals surface area (Å²) in [4.78, 5) is 36.5. The van der Waals surface area contributed by atoms with Crippen LogP contribution in [0.1, 0.15) is 17.0 Å². The lowest BCUT2D eigenvalue weighted by Crippen LogP contribution is -2.52. The first-order valence-corrected chi connectivity index (χ1v) is 7.49. The summed E-state index contributed by atoms with van der Waals surface area (Å²) in [6.45, 7) is 3.88. The molecule has 1 aliphatic rings. The predicted molar refractivity (Wildman–Crippen MR) is 89.5 cm³/mol. The molecular formula is C18H17N3O3. The summed E-state index contributed by atoms with van der Waals surface area (Å²) in [5, 5.41) is 2.15. The molecule has 0 aliphatic carbocycles. The predicted octanol–water partition coefficient (Wildman–Crippen LogP) is 2.19. The topological polar surface area (TPSA) is 71.4 Å². The van der Waals surface area contributed by atoms with Crippen LogP contribution >= 0.6 is 0 Å². The highest BCUT2D eigenvalue weighted by Crippen LogP contribution is 2.23. The second-order valence-corrected chi connectivity index (χ2v) is 5.68. The van der Waals surface area contributed by atoms with Crippen molar-refractivity contribution >= 4 is 23.9 Å². The largest absolute Gasteiger partial charge is 0.331 e. The van der Waals surface area contributed by atoms with Gasteiger partial charge in [0.2, 0.25) is 0 Å². The molecule has 0 radical (unpaired) electrons. The van der Waals surface area contributed by atoms with E-state index in [2.05, 4.69) is 5.32 Å². The number of barbiturate groups is 1. The fourth-order valence-corrected chi connectivity index (χ4v) is 2.81. The Morgan fingerprint density at radius 3 is 2.38 bits per heavy atom. The third kappa shape index (κ3) is 2.52. The highest BCUT2D eigenvalue weighted by atomic mass is 16.2. The van der Waals surface area contributed by atoms with Gasteiger partial charge in [-0.25, -0.2) is 4.79 Å². The molecular weight excluding hydrogens is 306 g/mol. The van der Waals surface area contributed by atoms with Crippen LogP contribution in [0.5, 0.6) is 0 Å². The molecule has 6 nitrogen and oxygen atoms in total. The summed E-state index contributed by atoms with van der Waals surface area (Å²) < 4.78 is 2.05. The number of carbonyl (C=O) groups excluding carboxylic acids is 3. The van der Waals surface area contributed by atoms with Crippen molar-refractivity contribution in [1.82, 2.24) is 14.8 Å². The minimum atomic E-state index is -0.711. The number of aromatic nitrogens is 1. The van der Waals surface area contributed by atoms with Gasteiger partial charge in [-0.1, -0.05) is 18.2 Å². The number of hydrogen-bond acceptors (Lipinski definition) is 3. The first-order valence-electron chi connectivity index (χ1n) is 7.49. The van der Waals surface area contributed by atoms with Gasteiger partial charge in [-0.05, 0) is 43.7 Å². The van der Waals surface area contributed by atoms with E-state index in [-0.39, 0.29) is 5.57 Å². The Kier molecular flexibility index (Phi) is 3.81. The lowest BCUT2D eigenvalue weighted by molar-refractivity contribution is -0.129.